The van der Waals surface area contributed by atoms with Crippen LogP contribution in [0.4, 0.5) is 8.78 Å². The van der Waals surface area contributed by atoms with Crippen molar-refractivity contribution in [3.05, 3.63) is 86.4 Å². The summed E-state index contributed by atoms with van der Waals surface area (Å²) in [5.41, 5.74) is 1.61. The van der Waals surface area contributed by atoms with E-state index in [0.29, 0.717) is 21.9 Å². The second kappa shape index (κ2) is 12.1. The Hall–Kier alpha value is -3.00. The fourth-order valence-corrected chi connectivity index (χ4v) is 4.04. The molecule has 0 bridgehead atoms. The van der Waals surface area contributed by atoms with Crippen LogP contribution in [0.15, 0.2) is 54.6 Å². The summed E-state index contributed by atoms with van der Waals surface area (Å²) in [5.74, 6) is 0.343. The first kappa shape index (κ1) is 26.6. The topological polar surface area (TPSA) is 54.0 Å². The summed E-state index contributed by atoms with van der Waals surface area (Å²) in [5, 5.41) is 0.919. The number of hydrogen-bond acceptors (Lipinski definition) is 5. The van der Waals surface area contributed by atoms with Crippen LogP contribution < -0.4 is 18.9 Å². The minimum atomic E-state index is -3.01. The lowest BCUT2D eigenvalue weighted by Crippen LogP contribution is -2.04. The van der Waals surface area contributed by atoms with Crippen LogP contribution in [0.25, 0.3) is 6.08 Å². The molecule has 0 saturated heterocycles. The summed E-state index contributed by atoms with van der Waals surface area (Å²) in [7, 11) is 2.82. The Balaban J connectivity index is 1.78. The fraction of sp³-hybridized carbons (Fsp3) is 0.160. The quantitative estimate of drug-likeness (QED) is 0.193. The minimum Gasteiger partial charge on any atom is -0.496 e. The van der Waals surface area contributed by atoms with E-state index in [0.717, 1.165) is 0 Å². The maximum Gasteiger partial charge on any atom is 0.387 e. The lowest BCUT2D eigenvalue weighted by molar-refractivity contribution is -0.0512. The molecule has 3 aromatic carbocycles. The smallest absolute Gasteiger partial charge is 0.387 e. The van der Waals surface area contributed by atoms with Crippen molar-refractivity contribution in [2.24, 2.45) is 0 Å². The van der Waals surface area contributed by atoms with Crippen LogP contribution in [0.1, 0.15) is 21.5 Å². The normalized spacial score (nSPS) is 11.1. The molecule has 0 amide bonds. The largest absolute Gasteiger partial charge is 0.496 e. The molecule has 184 valence electrons. The second-order valence-electron chi connectivity index (χ2n) is 7.00. The average molecular weight is 544 g/mol. The Morgan fingerprint density at radius 1 is 0.914 bits per heavy atom. The molecule has 10 heteroatoms. The second-order valence-corrected chi connectivity index (χ2v) is 8.25. The van der Waals surface area contributed by atoms with Crippen LogP contribution in [-0.4, -0.2) is 26.6 Å². The Labute approximate surface area is 215 Å². The summed E-state index contributed by atoms with van der Waals surface area (Å²) < 4.78 is 45.6. The molecule has 0 heterocycles. The molecule has 0 N–H and O–H groups in total. The van der Waals surface area contributed by atoms with E-state index in [1.165, 1.54) is 50.6 Å². The Bertz CT molecular complexity index is 1220. The monoisotopic (exact) mass is 542 g/mol. The first-order valence-electron chi connectivity index (χ1n) is 10.0. The first-order valence-corrected chi connectivity index (χ1v) is 11.1. The van der Waals surface area contributed by atoms with Crippen molar-refractivity contribution in [1.29, 1.82) is 0 Å². The van der Waals surface area contributed by atoms with Crippen molar-refractivity contribution >= 4 is 46.7 Å². The number of ether oxygens (including phenoxy) is 4. The van der Waals surface area contributed by atoms with E-state index in [1.807, 2.05) is 0 Å². The summed E-state index contributed by atoms with van der Waals surface area (Å²) >= 11 is 18.3. The molecule has 5 nitrogen and oxygen atoms in total. The lowest BCUT2D eigenvalue weighted by atomic mass is 10.1. The third-order valence-corrected chi connectivity index (χ3v) is 5.51. The molecule has 0 aliphatic carbocycles. The van der Waals surface area contributed by atoms with Gasteiger partial charge in [0.1, 0.15) is 12.4 Å². The molecule has 0 aliphatic heterocycles. The van der Waals surface area contributed by atoms with Gasteiger partial charge >= 0.3 is 6.61 Å². The molecule has 0 spiro atoms. The molecule has 0 fully saturated rings. The van der Waals surface area contributed by atoms with E-state index in [-0.39, 0.29) is 45.2 Å². The van der Waals surface area contributed by atoms with Crippen LogP contribution in [0, 0.1) is 0 Å². The van der Waals surface area contributed by atoms with Crippen LogP contribution in [0.5, 0.6) is 23.0 Å². The van der Waals surface area contributed by atoms with Crippen molar-refractivity contribution in [2.45, 2.75) is 13.2 Å². The number of hydrogen-bond donors (Lipinski definition) is 0. The zero-order chi connectivity index (χ0) is 25.5. The van der Waals surface area contributed by atoms with Crippen molar-refractivity contribution in [1.82, 2.24) is 0 Å². The van der Waals surface area contributed by atoms with E-state index in [2.05, 4.69) is 4.74 Å². The highest BCUT2D eigenvalue weighted by Crippen LogP contribution is 2.37. The highest BCUT2D eigenvalue weighted by Gasteiger charge is 2.14. The maximum atomic E-state index is 12.6. The molecule has 0 unspecified atom stereocenters. The Morgan fingerprint density at radius 2 is 1.57 bits per heavy atom. The number of carbonyl (C=O) groups excluding carboxylic acids is 1. The van der Waals surface area contributed by atoms with Crippen LogP contribution in [-0.2, 0) is 6.61 Å². The van der Waals surface area contributed by atoms with E-state index in [9.17, 15) is 13.6 Å². The minimum absolute atomic E-state index is 0.0213. The molecule has 3 aromatic rings. The number of benzene rings is 3. The summed E-state index contributed by atoms with van der Waals surface area (Å²) in [6.07, 6.45) is 2.95. The first-order chi connectivity index (χ1) is 16.7. The van der Waals surface area contributed by atoms with Gasteiger partial charge in [0.15, 0.2) is 23.0 Å². The number of alkyl halides is 2. The van der Waals surface area contributed by atoms with Crippen LogP contribution >= 0.6 is 34.8 Å². The van der Waals surface area contributed by atoms with Gasteiger partial charge < -0.3 is 18.9 Å². The molecule has 0 saturated carbocycles. The SMILES string of the molecule is COc1ccc(/C=C/C(=O)c2ccc(OC(F)F)c(OC)c2)cc1COc1c(Cl)cc(Cl)cc1Cl. The highest BCUT2D eigenvalue weighted by atomic mass is 35.5. The van der Waals surface area contributed by atoms with Gasteiger partial charge in [0.05, 0.1) is 24.3 Å². The Kier molecular flexibility index (Phi) is 9.20. The number of halogens is 5. The fourth-order valence-electron chi connectivity index (χ4n) is 3.11. The number of carbonyl (C=O) groups is 1. The summed E-state index contributed by atoms with van der Waals surface area (Å²) in [6, 6.07) is 12.3. The number of rotatable bonds is 10. The summed E-state index contributed by atoms with van der Waals surface area (Å²) in [4.78, 5) is 12.6. The zero-order valence-electron chi connectivity index (χ0n) is 18.5. The van der Waals surface area contributed by atoms with Crippen LogP contribution in [0.2, 0.25) is 15.1 Å². The van der Waals surface area contributed by atoms with Crippen molar-refractivity contribution in [3.8, 4) is 23.0 Å². The maximum absolute atomic E-state index is 12.6. The van der Waals surface area contributed by atoms with Gasteiger partial charge in [-0.25, -0.2) is 0 Å². The van der Waals surface area contributed by atoms with E-state index < -0.39 is 6.61 Å². The number of methoxy groups -OCH3 is 2. The predicted molar refractivity (Wildman–Crippen MR) is 132 cm³/mol. The predicted octanol–water partition coefficient (Wildman–Crippen LogP) is 7.74. The molecule has 0 aromatic heterocycles. The third kappa shape index (κ3) is 7.01. The Morgan fingerprint density at radius 3 is 2.20 bits per heavy atom. The van der Waals surface area contributed by atoms with Crippen molar-refractivity contribution in [3.63, 3.8) is 0 Å². The van der Waals surface area contributed by atoms with Gasteiger partial charge in [-0.1, -0.05) is 46.9 Å². The zero-order valence-corrected chi connectivity index (χ0v) is 20.8. The number of ketones is 1. The standard InChI is InChI=1S/C25H19Cl3F2O5/c1-32-21-7-4-14(9-16(21)13-34-24-18(27)11-17(26)12-19(24)28)3-6-20(31)15-5-8-22(35-25(29)30)23(10-15)33-2/h3-12,25H,13H2,1-2H3/b6-3+. The van der Waals surface area contributed by atoms with Gasteiger partial charge in [-0.2, -0.15) is 8.78 Å². The van der Waals surface area contributed by atoms with Gasteiger partial charge in [-0.3, -0.25) is 4.79 Å². The summed E-state index contributed by atoms with van der Waals surface area (Å²) in [6.45, 7) is -2.92. The highest BCUT2D eigenvalue weighted by molar-refractivity contribution is 6.40. The molecule has 0 atom stereocenters. The van der Waals surface area contributed by atoms with E-state index in [1.54, 1.807) is 24.3 Å². The molecule has 0 aliphatic rings. The average Bonchev–Trinajstić information content (AvgIpc) is 2.81. The van der Waals surface area contributed by atoms with Gasteiger partial charge in [0.2, 0.25) is 0 Å². The van der Waals surface area contributed by atoms with Gasteiger partial charge in [-0.15, -0.1) is 0 Å². The van der Waals surface area contributed by atoms with Crippen molar-refractivity contribution < 1.29 is 32.5 Å². The van der Waals surface area contributed by atoms with Crippen LogP contribution in [0.3, 0.4) is 0 Å². The molecule has 3 rings (SSSR count). The van der Waals surface area contributed by atoms with Gasteiger partial charge in [-0.05, 0) is 54.1 Å². The van der Waals surface area contributed by atoms with Gasteiger partial charge in [0, 0.05) is 16.1 Å². The van der Waals surface area contributed by atoms with E-state index in [4.69, 9.17) is 49.0 Å². The lowest BCUT2D eigenvalue weighted by Gasteiger charge is -2.13. The van der Waals surface area contributed by atoms with E-state index >= 15 is 0 Å². The molecule has 0 radical (unpaired) electrons. The van der Waals surface area contributed by atoms with Crippen molar-refractivity contribution in [2.75, 3.05) is 14.2 Å². The third-order valence-electron chi connectivity index (χ3n) is 4.73. The number of allylic oxidation sites excluding steroid dienone is 1. The molecular weight excluding hydrogens is 525 g/mol. The molecule has 35 heavy (non-hydrogen) atoms. The van der Waals surface area contributed by atoms with Gasteiger partial charge in [0.25, 0.3) is 0 Å². The molecular formula is C25H19Cl3F2O5.